The number of rotatable bonds is 2. The van der Waals surface area contributed by atoms with Gasteiger partial charge in [-0.15, -0.1) is 0 Å². The molecule has 1 aliphatic heterocycles. The number of nitrogens with one attached hydrogen (secondary N) is 1. The number of imidazole rings is 1. The maximum absolute atomic E-state index is 15.1. The molecule has 1 fully saturated rings. The van der Waals surface area contributed by atoms with Crippen molar-refractivity contribution in [2.75, 3.05) is 13.1 Å². The molecule has 6 nitrogen and oxygen atoms in total. The summed E-state index contributed by atoms with van der Waals surface area (Å²) in [6.07, 6.45) is 5.46. The van der Waals surface area contributed by atoms with Gasteiger partial charge in [0, 0.05) is 17.8 Å². The SMILES string of the molecule is Cc1cn2nc(-c3cc4ccn(C5CCNCC5)c(=O)c4cc3F)cc(C)c2n1. The zero-order chi connectivity index (χ0) is 20.1. The Morgan fingerprint density at radius 1 is 1.17 bits per heavy atom. The molecule has 29 heavy (non-hydrogen) atoms. The molecule has 3 aromatic heterocycles. The van der Waals surface area contributed by atoms with Gasteiger partial charge in [0.25, 0.3) is 5.56 Å². The normalized spacial score (nSPS) is 15.4. The smallest absolute Gasteiger partial charge is 0.258 e. The fraction of sp³-hybridized carbons (Fsp3) is 0.318. The summed E-state index contributed by atoms with van der Waals surface area (Å²) in [4.78, 5) is 17.5. The van der Waals surface area contributed by atoms with Gasteiger partial charge < -0.3 is 9.88 Å². The zero-order valence-corrected chi connectivity index (χ0v) is 16.4. The summed E-state index contributed by atoms with van der Waals surface area (Å²) in [5.41, 5.74) is 3.31. The van der Waals surface area contributed by atoms with Crippen LogP contribution >= 0.6 is 0 Å². The van der Waals surface area contributed by atoms with Crippen molar-refractivity contribution in [3.63, 3.8) is 0 Å². The number of aryl methyl sites for hydroxylation is 2. The summed E-state index contributed by atoms with van der Waals surface area (Å²) >= 11 is 0. The van der Waals surface area contributed by atoms with Crippen LogP contribution in [0.5, 0.6) is 0 Å². The third kappa shape index (κ3) is 3.02. The van der Waals surface area contributed by atoms with Gasteiger partial charge >= 0.3 is 0 Å². The van der Waals surface area contributed by atoms with Crippen molar-refractivity contribution in [3.05, 3.63) is 64.1 Å². The lowest BCUT2D eigenvalue weighted by Gasteiger charge is -2.25. The first kappa shape index (κ1) is 18.0. The number of benzene rings is 1. The van der Waals surface area contributed by atoms with E-state index < -0.39 is 5.82 Å². The molecule has 0 aliphatic carbocycles. The quantitative estimate of drug-likeness (QED) is 0.569. The van der Waals surface area contributed by atoms with Crippen LogP contribution in [0.2, 0.25) is 0 Å². The lowest BCUT2D eigenvalue weighted by molar-refractivity contribution is 0.362. The molecule has 0 unspecified atom stereocenters. The van der Waals surface area contributed by atoms with Crippen LogP contribution < -0.4 is 10.9 Å². The summed E-state index contributed by atoms with van der Waals surface area (Å²) in [6.45, 7) is 5.62. The van der Waals surface area contributed by atoms with E-state index in [-0.39, 0.29) is 11.6 Å². The molecular formula is C22H22FN5O. The van der Waals surface area contributed by atoms with Crippen molar-refractivity contribution < 1.29 is 4.39 Å². The lowest BCUT2D eigenvalue weighted by atomic mass is 10.0. The van der Waals surface area contributed by atoms with E-state index in [0.29, 0.717) is 16.6 Å². The van der Waals surface area contributed by atoms with E-state index in [9.17, 15) is 4.79 Å². The largest absolute Gasteiger partial charge is 0.317 e. The summed E-state index contributed by atoms with van der Waals surface area (Å²) in [7, 11) is 0. The molecular weight excluding hydrogens is 369 g/mol. The van der Waals surface area contributed by atoms with Gasteiger partial charge in [-0.25, -0.2) is 13.9 Å². The van der Waals surface area contributed by atoms with E-state index in [2.05, 4.69) is 15.4 Å². The molecule has 0 saturated carbocycles. The van der Waals surface area contributed by atoms with Crippen molar-refractivity contribution in [1.82, 2.24) is 24.5 Å². The van der Waals surface area contributed by atoms with Crippen LogP contribution in [0.15, 0.2) is 41.5 Å². The van der Waals surface area contributed by atoms with Crippen molar-refractivity contribution in [1.29, 1.82) is 0 Å². The molecule has 4 aromatic rings. The predicted molar refractivity (Wildman–Crippen MR) is 111 cm³/mol. The Morgan fingerprint density at radius 2 is 1.97 bits per heavy atom. The van der Waals surface area contributed by atoms with Crippen molar-refractivity contribution in [2.24, 2.45) is 0 Å². The third-order valence-corrected chi connectivity index (χ3v) is 5.73. The van der Waals surface area contributed by atoms with Gasteiger partial charge in [-0.3, -0.25) is 4.79 Å². The lowest BCUT2D eigenvalue weighted by Crippen LogP contribution is -2.34. The number of aromatic nitrogens is 4. The Morgan fingerprint density at radius 3 is 2.76 bits per heavy atom. The van der Waals surface area contributed by atoms with Crippen LogP contribution in [0.4, 0.5) is 4.39 Å². The third-order valence-electron chi connectivity index (χ3n) is 5.73. The Balaban J connectivity index is 1.64. The molecule has 7 heteroatoms. The van der Waals surface area contributed by atoms with E-state index in [1.807, 2.05) is 38.4 Å². The first-order valence-corrected chi connectivity index (χ1v) is 9.90. The number of hydrogen-bond donors (Lipinski definition) is 1. The minimum Gasteiger partial charge on any atom is -0.317 e. The highest BCUT2D eigenvalue weighted by atomic mass is 19.1. The first-order valence-electron chi connectivity index (χ1n) is 9.90. The van der Waals surface area contributed by atoms with Crippen LogP contribution in [0.3, 0.4) is 0 Å². The average molecular weight is 391 g/mol. The Bertz CT molecular complexity index is 1300. The fourth-order valence-electron chi connectivity index (χ4n) is 4.23. The standard InChI is InChI=1S/C22H22FN5O/c1-13-9-20(26-28-12-14(2)25-21(13)28)18-10-15-5-8-27(16-3-6-24-7-4-16)22(29)17(15)11-19(18)23/h5,8-12,16,24H,3-4,6-7H2,1-2H3. The monoisotopic (exact) mass is 391 g/mol. The van der Waals surface area contributed by atoms with Gasteiger partial charge in [0.05, 0.1) is 23.0 Å². The van der Waals surface area contributed by atoms with Gasteiger partial charge in [-0.05, 0) is 75.0 Å². The Hall–Kier alpha value is -3.06. The molecule has 0 radical (unpaired) electrons. The number of hydrogen-bond acceptors (Lipinski definition) is 4. The van der Waals surface area contributed by atoms with E-state index in [1.165, 1.54) is 6.07 Å². The average Bonchev–Trinajstić information content (AvgIpc) is 3.10. The van der Waals surface area contributed by atoms with Crippen LogP contribution in [0, 0.1) is 19.7 Å². The van der Waals surface area contributed by atoms with Crippen LogP contribution in [-0.4, -0.2) is 32.3 Å². The highest BCUT2D eigenvalue weighted by Crippen LogP contribution is 2.27. The second-order valence-electron chi connectivity index (χ2n) is 7.79. The number of piperidine rings is 1. The minimum absolute atomic E-state index is 0.135. The maximum Gasteiger partial charge on any atom is 0.258 e. The highest BCUT2D eigenvalue weighted by Gasteiger charge is 2.18. The molecule has 1 aliphatic rings. The Kier molecular flexibility index (Phi) is 4.20. The summed E-state index contributed by atoms with van der Waals surface area (Å²) < 4.78 is 18.5. The van der Waals surface area contributed by atoms with Gasteiger partial charge in [0.2, 0.25) is 0 Å². The molecule has 0 spiro atoms. The van der Waals surface area contributed by atoms with Gasteiger partial charge in [-0.1, -0.05) is 0 Å². The predicted octanol–water partition coefficient (Wildman–Crippen LogP) is 3.39. The molecule has 4 heterocycles. The molecule has 1 N–H and O–H groups in total. The summed E-state index contributed by atoms with van der Waals surface area (Å²) in [5, 5.41) is 8.96. The highest BCUT2D eigenvalue weighted by molar-refractivity contribution is 5.86. The minimum atomic E-state index is -0.444. The maximum atomic E-state index is 15.1. The summed E-state index contributed by atoms with van der Waals surface area (Å²) in [6, 6.07) is 6.96. The van der Waals surface area contributed by atoms with E-state index in [1.54, 1.807) is 15.1 Å². The molecule has 1 aromatic carbocycles. The van der Waals surface area contributed by atoms with Crippen molar-refractivity contribution in [2.45, 2.75) is 32.7 Å². The van der Waals surface area contributed by atoms with Gasteiger partial charge in [0.15, 0.2) is 5.65 Å². The number of pyridine rings is 1. The molecule has 0 amide bonds. The van der Waals surface area contributed by atoms with Crippen molar-refractivity contribution in [3.8, 4) is 11.3 Å². The van der Waals surface area contributed by atoms with Crippen LogP contribution in [-0.2, 0) is 0 Å². The Labute approximate surface area is 167 Å². The van der Waals surface area contributed by atoms with Gasteiger partial charge in [0.1, 0.15) is 5.82 Å². The van der Waals surface area contributed by atoms with Crippen LogP contribution in [0.25, 0.3) is 27.7 Å². The van der Waals surface area contributed by atoms with E-state index in [0.717, 1.165) is 48.2 Å². The van der Waals surface area contributed by atoms with E-state index in [4.69, 9.17) is 0 Å². The van der Waals surface area contributed by atoms with Crippen LogP contribution in [0.1, 0.15) is 30.1 Å². The number of fused-ring (bicyclic) bond motifs is 2. The molecule has 1 saturated heterocycles. The zero-order valence-electron chi connectivity index (χ0n) is 16.4. The molecule has 0 bridgehead atoms. The summed E-state index contributed by atoms with van der Waals surface area (Å²) in [5.74, 6) is -0.444. The van der Waals surface area contributed by atoms with Crippen molar-refractivity contribution >= 4 is 16.4 Å². The molecule has 148 valence electrons. The topological polar surface area (TPSA) is 64.2 Å². The molecule has 5 rings (SSSR count). The second-order valence-corrected chi connectivity index (χ2v) is 7.79. The van der Waals surface area contributed by atoms with E-state index >= 15 is 4.39 Å². The van der Waals surface area contributed by atoms with Gasteiger partial charge in [-0.2, -0.15) is 5.10 Å². The molecule has 0 atom stereocenters. The fourth-order valence-corrected chi connectivity index (χ4v) is 4.23. The number of nitrogens with zero attached hydrogens (tertiary/aromatic N) is 4. The second kappa shape index (κ2) is 6.77. The first-order chi connectivity index (χ1) is 14.0. The number of halogens is 1.